The second kappa shape index (κ2) is 5.62. The number of rotatable bonds is 2. The molecule has 1 N–H and O–H groups in total. The second-order valence-electron chi connectivity index (χ2n) is 5.50. The first kappa shape index (κ1) is 14.1. The van der Waals surface area contributed by atoms with Crippen molar-refractivity contribution >= 4 is 17.5 Å². The zero-order valence-corrected chi connectivity index (χ0v) is 12.8. The van der Waals surface area contributed by atoms with Crippen molar-refractivity contribution in [3.8, 4) is 0 Å². The summed E-state index contributed by atoms with van der Waals surface area (Å²) < 4.78 is 14.9. The van der Waals surface area contributed by atoms with Crippen molar-refractivity contribution in [1.29, 1.82) is 0 Å². The monoisotopic (exact) mass is 329 g/mol. The van der Waals surface area contributed by atoms with E-state index in [1.165, 1.54) is 12.1 Å². The van der Waals surface area contributed by atoms with Gasteiger partial charge in [0.05, 0.1) is 12.1 Å². The lowest BCUT2D eigenvalue weighted by Gasteiger charge is -2.31. The van der Waals surface area contributed by atoms with E-state index in [-0.39, 0.29) is 17.9 Å². The summed E-state index contributed by atoms with van der Waals surface area (Å²) in [6.45, 7) is 0. The van der Waals surface area contributed by atoms with E-state index >= 15 is 0 Å². The number of nitrogens with zero attached hydrogens (tertiary/aromatic N) is 4. The Labute approximate surface area is 137 Å². The molecule has 1 aliphatic rings. The summed E-state index contributed by atoms with van der Waals surface area (Å²) in [6.07, 6.45) is 0.755. The highest BCUT2D eigenvalue weighted by atomic mass is 35.5. The second-order valence-corrected chi connectivity index (χ2v) is 5.94. The van der Waals surface area contributed by atoms with Gasteiger partial charge in [-0.05, 0) is 52.2 Å². The Morgan fingerprint density at radius 1 is 1.04 bits per heavy atom. The van der Waals surface area contributed by atoms with Crippen LogP contribution in [0.3, 0.4) is 0 Å². The maximum atomic E-state index is 13.2. The van der Waals surface area contributed by atoms with Crippen LogP contribution in [-0.4, -0.2) is 20.2 Å². The van der Waals surface area contributed by atoms with E-state index in [2.05, 4.69) is 20.8 Å². The van der Waals surface area contributed by atoms with Crippen LogP contribution < -0.4 is 5.32 Å². The Kier molecular flexibility index (Phi) is 3.46. The van der Waals surface area contributed by atoms with Crippen LogP contribution in [0.25, 0.3) is 0 Å². The van der Waals surface area contributed by atoms with Crippen LogP contribution >= 0.6 is 11.6 Å². The van der Waals surface area contributed by atoms with Gasteiger partial charge in [-0.15, -0.1) is 0 Å². The average molecular weight is 330 g/mol. The van der Waals surface area contributed by atoms with Crippen LogP contribution in [0.4, 0.5) is 10.3 Å². The lowest BCUT2D eigenvalue weighted by Crippen LogP contribution is -2.28. The van der Waals surface area contributed by atoms with Gasteiger partial charge >= 0.3 is 0 Å². The highest BCUT2D eigenvalue weighted by Crippen LogP contribution is 2.37. The predicted octanol–water partition coefficient (Wildman–Crippen LogP) is 3.61. The summed E-state index contributed by atoms with van der Waals surface area (Å²) >= 11 is 5.96. The highest BCUT2D eigenvalue weighted by Gasteiger charge is 2.30. The highest BCUT2D eigenvalue weighted by molar-refractivity contribution is 6.30. The van der Waals surface area contributed by atoms with Crippen molar-refractivity contribution in [2.45, 2.75) is 18.5 Å². The van der Waals surface area contributed by atoms with Crippen LogP contribution in [0.1, 0.15) is 29.6 Å². The molecule has 4 rings (SSSR count). The van der Waals surface area contributed by atoms with Crippen LogP contribution in [0.15, 0.2) is 48.5 Å². The predicted molar refractivity (Wildman–Crippen MR) is 84.8 cm³/mol. The van der Waals surface area contributed by atoms with Crippen molar-refractivity contribution in [3.05, 3.63) is 70.5 Å². The van der Waals surface area contributed by atoms with Gasteiger partial charge in [0.25, 0.3) is 0 Å². The molecule has 0 fully saturated rings. The number of nitrogens with one attached hydrogen (secondary N) is 1. The SMILES string of the molecule is Fc1ccc([C@@H]2C[C@@H](c3ccc(Cl)cc3)Nc3nnnn32)cc1. The molecule has 3 aromatic rings. The summed E-state index contributed by atoms with van der Waals surface area (Å²) in [5.41, 5.74) is 2.08. The molecule has 5 nitrogen and oxygen atoms in total. The Morgan fingerprint density at radius 3 is 2.48 bits per heavy atom. The van der Waals surface area contributed by atoms with Gasteiger partial charge in [0.15, 0.2) is 0 Å². The van der Waals surface area contributed by atoms with E-state index in [9.17, 15) is 4.39 Å². The summed E-state index contributed by atoms with van der Waals surface area (Å²) in [4.78, 5) is 0. The number of benzene rings is 2. The summed E-state index contributed by atoms with van der Waals surface area (Å²) in [5, 5.41) is 15.9. The number of hydrogen-bond acceptors (Lipinski definition) is 4. The Morgan fingerprint density at radius 2 is 1.74 bits per heavy atom. The van der Waals surface area contributed by atoms with Crippen LogP contribution in [0.2, 0.25) is 5.02 Å². The number of anilines is 1. The van der Waals surface area contributed by atoms with E-state index in [0.29, 0.717) is 11.0 Å². The molecule has 23 heavy (non-hydrogen) atoms. The number of aromatic nitrogens is 4. The molecular weight excluding hydrogens is 317 g/mol. The number of hydrogen-bond donors (Lipinski definition) is 1. The molecule has 1 aromatic heterocycles. The molecule has 116 valence electrons. The standard InChI is InChI=1S/C16H13ClFN5/c17-12-5-1-10(2-6-12)14-9-15(11-3-7-13(18)8-4-11)23-16(19-14)20-21-22-23/h1-8,14-15H,9H2,(H,19,20,22)/t14-,15-/m0/s1. The zero-order valence-electron chi connectivity index (χ0n) is 12.0. The van der Waals surface area contributed by atoms with Crippen molar-refractivity contribution in [3.63, 3.8) is 0 Å². The normalized spacial score (nSPS) is 19.9. The number of tetrazole rings is 1. The minimum atomic E-state index is -0.256. The Hall–Kier alpha value is -2.47. The van der Waals surface area contributed by atoms with Crippen molar-refractivity contribution in [2.75, 3.05) is 5.32 Å². The fourth-order valence-corrected chi connectivity index (χ4v) is 3.04. The zero-order chi connectivity index (χ0) is 15.8. The summed E-state index contributed by atoms with van der Waals surface area (Å²) in [7, 11) is 0. The number of halogens is 2. The van der Waals surface area contributed by atoms with Gasteiger partial charge in [0, 0.05) is 5.02 Å². The molecule has 0 amide bonds. The Bertz CT molecular complexity index is 815. The quantitative estimate of drug-likeness (QED) is 0.780. The van der Waals surface area contributed by atoms with Crippen molar-refractivity contribution < 1.29 is 4.39 Å². The van der Waals surface area contributed by atoms with Gasteiger partial charge < -0.3 is 5.32 Å². The molecule has 0 aliphatic carbocycles. The fourth-order valence-electron chi connectivity index (χ4n) is 2.91. The third-order valence-electron chi connectivity index (χ3n) is 4.08. The molecule has 1 aliphatic heterocycles. The molecule has 0 saturated carbocycles. The first-order valence-electron chi connectivity index (χ1n) is 7.26. The third-order valence-corrected chi connectivity index (χ3v) is 4.33. The van der Waals surface area contributed by atoms with Crippen LogP contribution in [0.5, 0.6) is 0 Å². The summed E-state index contributed by atoms with van der Waals surface area (Å²) in [5.74, 6) is 0.347. The average Bonchev–Trinajstić information content (AvgIpc) is 3.04. The maximum absolute atomic E-state index is 13.2. The summed E-state index contributed by atoms with van der Waals surface area (Å²) in [6, 6.07) is 14.2. The largest absolute Gasteiger partial charge is 0.346 e. The van der Waals surface area contributed by atoms with Crippen molar-refractivity contribution in [2.24, 2.45) is 0 Å². The lowest BCUT2D eigenvalue weighted by atomic mass is 9.93. The van der Waals surface area contributed by atoms with E-state index < -0.39 is 0 Å². The Balaban J connectivity index is 1.71. The van der Waals surface area contributed by atoms with E-state index in [1.54, 1.807) is 16.8 Å². The number of fused-ring (bicyclic) bond motifs is 1. The first-order chi connectivity index (χ1) is 11.2. The van der Waals surface area contributed by atoms with Gasteiger partial charge in [-0.3, -0.25) is 0 Å². The first-order valence-corrected chi connectivity index (χ1v) is 7.64. The molecule has 0 saturated heterocycles. The topological polar surface area (TPSA) is 55.6 Å². The fraction of sp³-hybridized carbons (Fsp3) is 0.188. The minimum absolute atomic E-state index is 0.0532. The molecule has 0 bridgehead atoms. The van der Waals surface area contributed by atoms with Crippen LogP contribution in [0, 0.1) is 5.82 Å². The van der Waals surface area contributed by atoms with E-state index in [4.69, 9.17) is 11.6 Å². The van der Waals surface area contributed by atoms with Gasteiger partial charge in [0.1, 0.15) is 5.82 Å². The van der Waals surface area contributed by atoms with Gasteiger partial charge in [-0.25, -0.2) is 9.07 Å². The molecule has 0 radical (unpaired) electrons. The molecule has 2 aromatic carbocycles. The molecule has 2 heterocycles. The van der Waals surface area contributed by atoms with Gasteiger partial charge in [-0.1, -0.05) is 41.0 Å². The maximum Gasteiger partial charge on any atom is 0.243 e. The van der Waals surface area contributed by atoms with Crippen LogP contribution in [-0.2, 0) is 0 Å². The molecule has 0 unspecified atom stereocenters. The minimum Gasteiger partial charge on any atom is -0.346 e. The van der Waals surface area contributed by atoms with Gasteiger partial charge in [-0.2, -0.15) is 0 Å². The van der Waals surface area contributed by atoms with E-state index in [0.717, 1.165) is 17.5 Å². The van der Waals surface area contributed by atoms with Crippen molar-refractivity contribution in [1.82, 2.24) is 20.2 Å². The van der Waals surface area contributed by atoms with E-state index in [1.807, 2.05) is 24.3 Å². The molecule has 0 spiro atoms. The van der Waals surface area contributed by atoms with Gasteiger partial charge in [0.2, 0.25) is 5.95 Å². The third kappa shape index (κ3) is 2.66. The molecule has 7 heteroatoms. The molecule has 2 atom stereocenters. The smallest absolute Gasteiger partial charge is 0.243 e. The lowest BCUT2D eigenvalue weighted by molar-refractivity contribution is 0.423. The molecular formula is C16H13ClFN5.